The molecule has 5 heteroatoms. The van der Waals surface area contributed by atoms with Crippen molar-refractivity contribution in [2.24, 2.45) is 0 Å². The van der Waals surface area contributed by atoms with Gasteiger partial charge < -0.3 is 15.0 Å². The predicted octanol–water partition coefficient (Wildman–Crippen LogP) is 2.22. The van der Waals surface area contributed by atoms with E-state index in [0.29, 0.717) is 11.3 Å². The van der Waals surface area contributed by atoms with Crippen LogP contribution < -0.4 is 10.2 Å². The SMILES string of the molecule is CCCOC1CCCN(c2ccc3c(c2)NC(=O)C3=O)C1. The average Bonchev–Trinajstić information content (AvgIpc) is 2.80. The van der Waals surface area contributed by atoms with E-state index >= 15 is 0 Å². The maximum absolute atomic E-state index is 11.6. The van der Waals surface area contributed by atoms with Crippen molar-refractivity contribution < 1.29 is 14.3 Å². The molecule has 1 unspecified atom stereocenters. The third-order valence-electron chi connectivity index (χ3n) is 4.00. The Balaban J connectivity index is 1.74. The highest BCUT2D eigenvalue weighted by Gasteiger charge is 2.29. The smallest absolute Gasteiger partial charge is 0.296 e. The van der Waals surface area contributed by atoms with Crippen molar-refractivity contribution in [3.05, 3.63) is 23.8 Å². The topological polar surface area (TPSA) is 58.6 Å². The minimum Gasteiger partial charge on any atom is -0.376 e. The maximum Gasteiger partial charge on any atom is 0.296 e. The lowest BCUT2D eigenvalue weighted by Gasteiger charge is -2.34. The van der Waals surface area contributed by atoms with Crippen molar-refractivity contribution in [3.8, 4) is 0 Å². The van der Waals surface area contributed by atoms with Crippen LogP contribution in [0.2, 0.25) is 0 Å². The Morgan fingerprint density at radius 2 is 2.24 bits per heavy atom. The summed E-state index contributed by atoms with van der Waals surface area (Å²) < 4.78 is 5.85. The molecule has 0 bridgehead atoms. The van der Waals surface area contributed by atoms with Gasteiger partial charge in [0.2, 0.25) is 0 Å². The van der Waals surface area contributed by atoms with Crippen molar-refractivity contribution in [2.75, 3.05) is 29.9 Å². The van der Waals surface area contributed by atoms with Gasteiger partial charge in [0, 0.05) is 25.4 Å². The molecule has 1 saturated heterocycles. The molecule has 1 atom stereocenters. The van der Waals surface area contributed by atoms with Crippen LogP contribution in [0.4, 0.5) is 11.4 Å². The largest absolute Gasteiger partial charge is 0.376 e. The first-order chi connectivity index (χ1) is 10.2. The van der Waals surface area contributed by atoms with Crippen LogP contribution in [0, 0.1) is 0 Å². The molecular formula is C16H20N2O3. The number of hydrogen-bond donors (Lipinski definition) is 1. The van der Waals surface area contributed by atoms with Gasteiger partial charge in [0.25, 0.3) is 11.7 Å². The summed E-state index contributed by atoms with van der Waals surface area (Å²) in [5.74, 6) is -0.982. The second kappa shape index (κ2) is 5.85. The number of fused-ring (bicyclic) bond motifs is 1. The summed E-state index contributed by atoms with van der Waals surface area (Å²) in [6, 6.07) is 5.54. The molecule has 0 spiro atoms. The Labute approximate surface area is 124 Å². The fourth-order valence-electron chi connectivity index (χ4n) is 2.93. The summed E-state index contributed by atoms with van der Waals surface area (Å²) in [7, 11) is 0. The van der Waals surface area contributed by atoms with Crippen LogP contribution in [0.15, 0.2) is 18.2 Å². The summed E-state index contributed by atoms with van der Waals surface area (Å²) in [4.78, 5) is 25.3. The van der Waals surface area contributed by atoms with Crippen LogP contribution in [0.5, 0.6) is 0 Å². The van der Waals surface area contributed by atoms with Gasteiger partial charge in [-0.1, -0.05) is 6.92 Å². The van der Waals surface area contributed by atoms with Gasteiger partial charge >= 0.3 is 0 Å². The zero-order chi connectivity index (χ0) is 14.8. The van der Waals surface area contributed by atoms with Crippen LogP contribution in [-0.2, 0) is 9.53 Å². The highest BCUT2D eigenvalue weighted by Crippen LogP contribution is 2.30. The molecule has 1 aromatic carbocycles. The third kappa shape index (κ3) is 2.78. The molecule has 112 valence electrons. The molecule has 1 amide bonds. The van der Waals surface area contributed by atoms with Gasteiger partial charge in [-0.2, -0.15) is 0 Å². The number of amides is 1. The Morgan fingerprint density at radius 3 is 3.05 bits per heavy atom. The van der Waals surface area contributed by atoms with Crippen molar-refractivity contribution in [2.45, 2.75) is 32.3 Å². The van der Waals surface area contributed by atoms with Crippen LogP contribution in [0.3, 0.4) is 0 Å². The molecule has 2 heterocycles. The number of hydrogen-bond acceptors (Lipinski definition) is 4. The number of nitrogens with one attached hydrogen (secondary N) is 1. The van der Waals surface area contributed by atoms with Crippen LogP contribution in [-0.4, -0.2) is 37.5 Å². The van der Waals surface area contributed by atoms with Gasteiger partial charge in [0.05, 0.1) is 17.4 Å². The highest BCUT2D eigenvalue weighted by atomic mass is 16.5. The molecule has 21 heavy (non-hydrogen) atoms. The van der Waals surface area contributed by atoms with E-state index in [0.717, 1.165) is 44.6 Å². The lowest BCUT2D eigenvalue weighted by Crippen LogP contribution is -2.39. The lowest BCUT2D eigenvalue weighted by atomic mass is 10.1. The molecule has 1 aromatic rings. The quantitative estimate of drug-likeness (QED) is 0.863. The normalized spacial score (nSPS) is 21.4. The summed E-state index contributed by atoms with van der Waals surface area (Å²) in [6.45, 7) is 4.75. The van der Waals surface area contributed by atoms with E-state index in [2.05, 4.69) is 17.1 Å². The van der Waals surface area contributed by atoms with Gasteiger partial charge in [0.15, 0.2) is 0 Å². The lowest BCUT2D eigenvalue weighted by molar-refractivity contribution is -0.112. The number of nitrogens with zero attached hydrogens (tertiary/aromatic N) is 1. The number of benzene rings is 1. The minimum atomic E-state index is -0.537. The minimum absolute atomic E-state index is 0.267. The number of anilines is 2. The van der Waals surface area contributed by atoms with E-state index in [-0.39, 0.29) is 6.10 Å². The summed E-state index contributed by atoms with van der Waals surface area (Å²) in [6.07, 6.45) is 3.49. The first kappa shape index (κ1) is 14.1. The molecule has 0 aliphatic carbocycles. The van der Waals surface area contributed by atoms with E-state index in [4.69, 9.17) is 4.74 Å². The molecule has 0 radical (unpaired) electrons. The molecule has 0 saturated carbocycles. The summed E-state index contributed by atoms with van der Waals surface area (Å²) in [5.41, 5.74) is 2.13. The second-order valence-corrected chi connectivity index (χ2v) is 5.59. The Morgan fingerprint density at radius 1 is 1.38 bits per heavy atom. The van der Waals surface area contributed by atoms with Gasteiger partial charge in [-0.15, -0.1) is 0 Å². The number of ether oxygens (including phenoxy) is 1. The van der Waals surface area contributed by atoms with E-state index in [1.54, 1.807) is 6.07 Å². The summed E-state index contributed by atoms with van der Waals surface area (Å²) >= 11 is 0. The first-order valence-corrected chi connectivity index (χ1v) is 7.55. The fourth-order valence-corrected chi connectivity index (χ4v) is 2.93. The van der Waals surface area contributed by atoms with Crippen LogP contribution in [0.1, 0.15) is 36.5 Å². The average molecular weight is 288 g/mol. The van der Waals surface area contributed by atoms with Gasteiger partial charge in [0.1, 0.15) is 0 Å². The van der Waals surface area contributed by atoms with E-state index < -0.39 is 11.7 Å². The van der Waals surface area contributed by atoms with E-state index in [9.17, 15) is 9.59 Å². The molecule has 3 rings (SSSR count). The third-order valence-corrected chi connectivity index (χ3v) is 4.00. The van der Waals surface area contributed by atoms with E-state index in [1.165, 1.54) is 0 Å². The molecule has 5 nitrogen and oxygen atoms in total. The Kier molecular flexibility index (Phi) is 3.92. The second-order valence-electron chi connectivity index (χ2n) is 5.59. The highest BCUT2D eigenvalue weighted by molar-refractivity contribution is 6.51. The van der Waals surface area contributed by atoms with Gasteiger partial charge in [-0.05, 0) is 37.5 Å². The monoisotopic (exact) mass is 288 g/mol. The fraction of sp³-hybridized carbons (Fsp3) is 0.500. The van der Waals surface area contributed by atoms with Gasteiger partial charge in [-0.3, -0.25) is 9.59 Å². The molecule has 2 aliphatic rings. The van der Waals surface area contributed by atoms with Crippen molar-refractivity contribution >= 4 is 23.1 Å². The van der Waals surface area contributed by atoms with Crippen LogP contribution in [0.25, 0.3) is 0 Å². The van der Waals surface area contributed by atoms with Crippen LogP contribution >= 0.6 is 0 Å². The first-order valence-electron chi connectivity index (χ1n) is 7.55. The number of carbonyl (C=O) groups is 2. The van der Waals surface area contributed by atoms with Crippen molar-refractivity contribution in [3.63, 3.8) is 0 Å². The number of rotatable bonds is 4. The Bertz CT molecular complexity index is 571. The molecular weight excluding hydrogens is 268 g/mol. The van der Waals surface area contributed by atoms with Crippen molar-refractivity contribution in [1.29, 1.82) is 0 Å². The predicted molar refractivity (Wildman–Crippen MR) is 80.9 cm³/mol. The number of piperidine rings is 1. The molecule has 1 fully saturated rings. The standard InChI is InChI=1S/C16H20N2O3/c1-2-8-21-12-4-3-7-18(10-12)11-5-6-13-14(9-11)17-16(20)15(13)19/h5-6,9,12H,2-4,7-8,10H2,1H3,(H,17,19,20). The zero-order valence-corrected chi connectivity index (χ0v) is 12.2. The number of ketones is 1. The number of carbonyl (C=O) groups excluding carboxylic acids is 2. The van der Waals surface area contributed by atoms with Crippen molar-refractivity contribution in [1.82, 2.24) is 0 Å². The molecule has 1 N–H and O–H groups in total. The molecule has 0 aromatic heterocycles. The van der Waals surface area contributed by atoms with Gasteiger partial charge in [-0.25, -0.2) is 0 Å². The Hall–Kier alpha value is -1.88. The number of Topliss-reactive ketones (excluding diaryl/α,β-unsaturated/α-hetero) is 1. The van der Waals surface area contributed by atoms with E-state index in [1.807, 2.05) is 12.1 Å². The zero-order valence-electron chi connectivity index (χ0n) is 12.2. The maximum atomic E-state index is 11.6. The summed E-state index contributed by atoms with van der Waals surface area (Å²) in [5, 5.41) is 2.63. The molecule has 2 aliphatic heterocycles.